The van der Waals surface area contributed by atoms with Gasteiger partial charge < -0.3 is 10.0 Å². The first-order chi connectivity index (χ1) is 9.24. The average Bonchev–Trinajstić information content (AvgIpc) is 2.89. The number of hydrogen-bond donors (Lipinski definition) is 1. The predicted molar refractivity (Wildman–Crippen MR) is 78.8 cm³/mol. The fourth-order valence-corrected chi connectivity index (χ4v) is 3.20. The minimum absolute atomic E-state index is 0.111. The van der Waals surface area contributed by atoms with Crippen LogP contribution >= 0.6 is 11.8 Å². The fraction of sp³-hybridized carbons (Fsp3) is 0.533. The van der Waals surface area contributed by atoms with Crippen LogP contribution in [0.4, 0.5) is 0 Å². The highest BCUT2D eigenvalue weighted by Crippen LogP contribution is 2.20. The smallest absolute Gasteiger partial charge is 0.307 e. The minimum atomic E-state index is -0.772. The molecule has 0 aliphatic carbocycles. The Bertz CT molecular complexity index is 399. The lowest BCUT2D eigenvalue weighted by molar-refractivity contribution is -0.136. The summed E-state index contributed by atoms with van der Waals surface area (Å²) in [4.78, 5) is 14.4. The fourth-order valence-electron chi connectivity index (χ4n) is 2.36. The standard InChI is InChI=1S/C15H21NO2S/c17-15(18)12-13-4-6-14(7-5-13)19-11-3-10-16-8-1-2-9-16/h4-7H,1-3,8-12H2,(H,17,18). The lowest BCUT2D eigenvalue weighted by Crippen LogP contribution is -2.20. The van der Waals surface area contributed by atoms with Crippen LogP contribution in [0.5, 0.6) is 0 Å². The van der Waals surface area contributed by atoms with Gasteiger partial charge in [0.15, 0.2) is 0 Å². The SMILES string of the molecule is O=C(O)Cc1ccc(SCCCN2CCCC2)cc1. The lowest BCUT2D eigenvalue weighted by atomic mass is 10.2. The molecule has 0 amide bonds. The quantitative estimate of drug-likeness (QED) is 0.615. The molecule has 1 aromatic rings. The van der Waals surface area contributed by atoms with Gasteiger partial charge >= 0.3 is 5.97 Å². The van der Waals surface area contributed by atoms with Crippen LogP contribution in [0.25, 0.3) is 0 Å². The van der Waals surface area contributed by atoms with Crippen LogP contribution in [0.3, 0.4) is 0 Å². The first-order valence-corrected chi connectivity index (χ1v) is 7.88. The van der Waals surface area contributed by atoms with Gasteiger partial charge in [0.2, 0.25) is 0 Å². The van der Waals surface area contributed by atoms with Gasteiger partial charge in [-0.2, -0.15) is 0 Å². The monoisotopic (exact) mass is 279 g/mol. The maximum Gasteiger partial charge on any atom is 0.307 e. The molecule has 1 aliphatic rings. The van der Waals surface area contributed by atoms with Crippen molar-refractivity contribution >= 4 is 17.7 Å². The molecule has 1 aromatic carbocycles. The van der Waals surface area contributed by atoms with Gasteiger partial charge in [-0.05, 0) is 62.3 Å². The van der Waals surface area contributed by atoms with Crippen molar-refractivity contribution in [2.45, 2.75) is 30.6 Å². The number of carbonyl (C=O) groups is 1. The van der Waals surface area contributed by atoms with E-state index in [-0.39, 0.29) is 6.42 Å². The van der Waals surface area contributed by atoms with Gasteiger partial charge in [0.05, 0.1) is 6.42 Å². The third-order valence-corrected chi connectivity index (χ3v) is 4.46. The van der Waals surface area contributed by atoms with Crippen molar-refractivity contribution in [3.63, 3.8) is 0 Å². The van der Waals surface area contributed by atoms with Crippen molar-refractivity contribution in [2.75, 3.05) is 25.4 Å². The summed E-state index contributed by atoms with van der Waals surface area (Å²) in [5, 5.41) is 8.70. The Labute approximate surface area is 119 Å². The predicted octanol–water partition coefficient (Wildman–Crippen LogP) is 2.89. The van der Waals surface area contributed by atoms with Crippen LogP contribution < -0.4 is 0 Å². The largest absolute Gasteiger partial charge is 0.481 e. The normalized spacial score (nSPS) is 15.8. The Kier molecular flexibility index (Phi) is 5.73. The molecule has 0 saturated carbocycles. The second-order valence-electron chi connectivity index (χ2n) is 4.97. The van der Waals surface area contributed by atoms with Crippen LogP contribution in [0.2, 0.25) is 0 Å². The molecule has 1 aliphatic heterocycles. The summed E-state index contributed by atoms with van der Waals surface area (Å²) < 4.78 is 0. The second kappa shape index (κ2) is 7.56. The third kappa shape index (κ3) is 5.25. The number of likely N-dealkylation sites (tertiary alicyclic amines) is 1. The highest BCUT2D eigenvalue weighted by molar-refractivity contribution is 7.99. The molecule has 4 heteroatoms. The first-order valence-electron chi connectivity index (χ1n) is 6.90. The van der Waals surface area contributed by atoms with Crippen LogP contribution in [0.15, 0.2) is 29.2 Å². The van der Waals surface area contributed by atoms with E-state index in [1.807, 2.05) is 36.0 Å². The van der Waals surface area contributed by atoms with Gasteiger partial charge in [-0.15, -0.1) is 11.8 Å². The molecule has 0 atom stereocenters. The van der Waals surface area contributed by atoms with Gasteiger partial charge in [-0.25, -0.2) is 0 Å². The Morgan fingerprint density at radius 1 is 1.21 bits per heavy atom. The number of thioether (sulfide) groups is 1. The zero-order valence-corrected chi connectivity index (χ0v) is 12.0. The van der Waals surface area contributed by atoms with Crippen LogP contribution in [-0.4, -0.2) is 41.4 Å². The first kappa shape index (κ1) is 14.4. The molecule has 0 radical (unpaired) electrons. The van der Waals surface area contributed by atoms with Gasteiger partial charge in [0.1, 0.15) is 0 Å². The van der Waals surface area contributed by atoms with E-state index in [0.717, 1.165) is 11.3 Å². The summed E-state index contributed by atoms with van der Waals surface area (Å²) in [7, 11) is 0. The van der Waals surface area contributed by atoms with Crippen molar-refractivity contribution < 1.29 is 9.90 Å². The highest BCUT2D eigenvalue weighted by atomic mass is 32.2. The Morgan fingerprint density at radius 3 is 2.53 bits per heavy atom. The molecule has 104 valence electrons. The number of rotatable bonds is 7. The summed E-state index contributed by atoms with van der Waals surface area (Å²) >= 11 is 1.86. The third-order valence-electron chi connectivity index (χ3n) is 3.36. The summed E-state index contributed by atoms with van der Waals surface area (Å²) in [5.41, 5.74) is 0.869. The zero-order valence-electron chi connectivity index (χ0n) is 11.2. The van der Waals surface area contributed by atoms with E-state index in [4.69, 9.17) is 5.11 Å². The lowest BCUT2D eigenvalue weighted by Gasteiger charge is -2.13. The van der Waals surface area contributed by atoms with Gasteiger partial charge in [-0.1, -0.05) is 12.1 Å². The van der Waals surface area contributed by atoms with E-state index in [0.29, 0.717) is 0 Å². The summed E-state index contributed by atoms with van der Waals surface area (Å²) in [5.74, 6) is 0.362. The number of nitrogens with zero attached hydrogens (tertiary/aromatic N) is 1. The second-order valence-corrected chi connectivity index (χ2v) is 6.13. The van der Waals surface area contributed by atoms with E-state index in [2.05, 4.69) is 4.90 Å². The summed E-state index contributed by atoms with van der Waals surface area (Å²) in [6, 6.07) is 7.88. The topological polar surface area (TPSA) is 40.5 Å². The van der Waals surface area contributed by atoms with E-state index in [1.165, 1.54) is 43.8 Å². The highest BCUT2D eigenvalue weighted by Gasteiger charge is 2.10. The maximum atomic E-state index is 10.6. The Balaban J connectivity index is 1.66. The van der Waals surface area contributed by atoms with Crippen LogP contribution in [0.1, 0.15) is 24.8 Å². The number of aliphatic carboxylic acids is 1. The minimum Gasteiger partial charge on any atom is -0.481 e. The molecule has 1 fully saturated rings. The molecule has 0 spiro atoms. The summed E-state index contributed by atoms with van der Waals surface area (Å²) in [6.07, 6.45) is 4.05. The Hall–Kier alpha value is -1.00. The molecular formula is C15H21NO2S. The molecule has 1 N–H and O–H groups in total. The van der Waals surface area contributed by atoms with E-state index in [1.54, 1.807) is 0 Å². The van der Waals surface area contributed by atoms with Crippen molar-refractivity contribution in [2.24, 2.45) is 0 Å². The molecule has 2 rings (SSSR count). The Morgan fingerprint density at radius 2 is 1.89 bits per heavy atom. The van der Waals surface area contributed by atoms with E-state index >= 15 is 0 Å². The molecule has 19 heavy (non-hydrogen) atoms. The summed E-state index contributed by atoms with van der Waals surface area (Å²) in [6.45, 7) is 3.76. The van der Waals surface area contributed by atoms with Crippen molar-refractivity contribution in [3.05, 3.63) is 29.8 Å². The number of carboxylic acids is 1. The molecule has 0 unspecified atom stereocenters. The number of carboxylic acid groups (broad SMARTS) is 1. The maximum absolute atomic E-state index is 10.6. The molecule has 0 aromatic heterocycles. The van der Waals surface area contributed by atoms with Crippen molar-refractivity contribution in [3.8, 4) is 0 Å². The van der Waals surface area contributed by atoms with E-state index in [9.17, 15) is 4.79 Å². The van der Waals surface area contributed by atoms with E-state index < -0.39 is 5.97 Å². The molecule has 0 bridgehead atoms. The van der Waals surface area contributed by atoms with Gasteiger partial charge in [-0.3, -0.25) is 4.79 Å². The zero-order chi connectivity index (χ0) is 13.5. The van der Waals surface area contributed by atoms with Gasteiger partial charge in [0.25, 0.3) is 0 Å². The van der Waals surface area contributed by atoms with Crippen LogP contribution in [0, 0.1) is 0 Å². The van der Waals surface area contributed by atoms with Crippen LogP contribution in [-0.2, 0) is 11.2 Å². The van der Waals surface area contributed by atoms with Crippen molar-refractivity contribution in [1.82, 2.24) is 4.90 Å². The molecule has 1 saturated heterocycles. The molecular weight excluding hydrogens is 258 g/mol. The number of benzene rings is 1. The molecule has 1 heterocycles. The van der Waals surface area contributed by atoms with Gasteiger partial charge in [0, 0.05) is 4.90 Å². The van der Waals surface area contributed by atoms with Crippen molar-refractivity contribution in [1.29, 1.82) is 0 Å². The molecule has 3 nitrogen and oxygen atoms in total. The average molecular weight is 279 g/mol. The number of hydrogen-bond acceptors (Lipinski definition) is 3.